The lowest BCUT2D eigenvalue weighted by Crippen LogP contribution is -2.39. The smallest absolute Gasteiger partial charge is 0.235 e. The lowest BCUT2D eigenvalue weighted by atomic mass is 10.1. The van der Waals surface area contributed by atoms with E-state index in [1.165, 1.54) is 6.26 Å². The fourth-order valence-electron chi connectivity index (χ4n) is 3.08. The molecule has 0 fully saturated rings. The van der Waals surface area contributed by atoms with Gasteiger partial charge in [-0.2, -0.15) is 0 Å². The van der Waals surface area contributed by atoms with Crippen LogP contribution in [-0.4, -0.2) is 11.0 Å². The highest BCUT2D eigenvalue weighted by Crippen LogP contribution is 2.43. The van der Waals surface area contributed by atoms with Gasteiger partial charge in [0.05, 0.1) is 6.26 Å². The Morgan fingerprint density at radius 3 is 1.96 bits per heavy atom. The molecule has 2 atom stereocenters. The summed E-state index contributed by atoms with van der Waals surface area (Å²) < 4.78 is 19.6. The minimum atomic E-state index is -3.34. The van der Waals surface area contributed by atoms with E-state index in [1.807, 2.05) is 12.1 Å². The molecule has 0 aliphatic heterocycles. The molecule has 0 amide bonds. The van der Waals surface area contributed by atoms with Gasteiger partial charge in [0.1, 0.15) is 11.8 Å². The number of rotatable bonds is 8. The summed E-state index contributed by atoms with van der Waals surface area (Å²) in [6, 6.07) is 19.5. The Bertz CT molecular complexity index is 870. The summed E-state index contributed by atoms with van der Waals surface area (Å²) in [7, 11) is -3.34. The molecular formula is C20H21N2O4P. The quantitative estimate of drug-likeness (QED) is 0.362. The van der Waals surface area contributed by atoms with Gasteiger partial charge in [0, 0.05) is 22.0 Å². The zero-order valence-corrected chi connectivity index (χ0v) is 15.8. The number of nitro groups is 1. The van der Waals surface area contributed by atoms with E-state index in [-0.39, 0.29) is 11.3 Å². The van der Waals surface area contributed by atoms with Crippen LogP contribution in [0.25, 0.3) is 0 Å². The highest BCUT2D eigenvalue weighted by Gasteiger charge is 2.40. The molecule has 0 bridgehead atoms. The van der Waals surface area contributed by atoms with Crippen molar-refractivity contribution in [3.8, 4) is 0 Å². The zero-order chi connectivity index (χ0) is 19.3. The van der Waals surface area contributed by atoms with Crippen LogP contribution in [0.2, 0.25) is 0 Å². The summed E-state index contributed by atoms with van der Waals surface area (Å²) in [5.41, 5.74) is 0. The maximum Gasteiger partial charge on any atom is 0.235 e. The van der Waals surface area contributed by atoms with E-state index in [9.17, 15) is 14.7 Å². The molecule has 0 saturated carbocycles. The first-order valence-corrected chi connectivity index (χ1v) is 10.4. The van der Waals surface area contributed by atoms with Crippen molar-refractivity contribution in [3.63, 3.8) is 0 Å². The second-order valence-corrected chi connectivity index (χ2v) is 8.67. The van der Waals surface area contributed by atoms with Gasteiger partial charge >= 0.3 is 0 Å². The summed E-state index contributed by atoms with van der Waals surface area (Å²) in [6.45, 7) is 1.74. The summed E-state index contributed by atoms with van der Waals surface area (Å²) in [6.07, 6.45) is 1.74. The molecule has 0 aliphatic carbocycles. The Kier molecular flexibility index (Phi) is 5.89. The average molecular weight is 384 g/mol. The topological polar surface area (TPSA) is 85.4 Å². The van der Waals surface area contributed by atoms with Crippen LogP contribution in [0.15, 0.2) is 83.5 Å². The predicted octanol–water partition coefficient (Wildman–Crippen LogP) is 3.89. The standard InChI is InChI=1S/C20H21N2O4P/c1-2-18(22(23)24)20(19-14-9-15-26-19)21-27(25,16-10-5-3-6-11-16)17-12-7-4-8-13-17/h3-15,18,20H,2H2,1H3,(H,21,25). The monoisotopic (exact) mass is 384 g/mol. The molecule has 0 saturated heterocycles. The second-order valence-electron chi connectivity index (χ2n) is 6.16. The molecule has 6 nitrogen and oxygen atoms in total. The van der Waals surface area contributed by atoms with Gasteiger partial charge in [-0.25, -0.2) is 5.09 Å². The minimum absolute atomic E-state index is 0.273. The first kappa shape index (κ1) is 19.1. The Labute approximate surface area is 157 Å². The van der Waals surface area contributed by atoms with E-state index in [2.05, 4.69) is 5.09 Å². The third kappa shape index (κ3) is 4.02. The second kappa shape index (κ2) is 8.33. The highest BCUT2D eigenvalue weighted by atomic mass is 31.2. The normalized spacial score (nSPS) is 13.8. The SMILES string of the molecule is CCC(C(NP(=O)(c1ccccc1)c1ccccc1)c1ccco1)[N+](=O)[O-]. The Morgan fingerprint density at radius 2 is 1.56 bits per heavy atom. The number of nitrogens with zero attached hydrogens (tertiary/aromatic N) is 1. The molecule has 3 aromatic rings. The molecule has 0 radical (unpaired) electrons. The molecular weight excluding hydrogens is 363 g/mol. The molecule has 1 heterocycles. The Morgan fingerprint density at radius 1 is 1.00 bits per heavy atom. The van der Waals surface area contributed by atoms with Crippen LogP contribution in [0.5, 0.6) is 0 Å². The predicted molar refractivity (Wildman–Crippen MR) is 105 cm³/mol. The third-order valence-electron chi connectivity index (χ3n) is 4.48. The van der Waals surface area contributed by atoms with Crippen LogP contribution < -0.4 is 15.7 Å². The number of hydrogen-bond donors (Lipinski definition) is 1. The van der Waals surface area contributed by atoms with E-state index >= 15 is 0 Å². The fraction of sp³-hybridized carbons (Fsp3) is 0.200. The van der Waals surface area contributed by atoms with Crippen molar-refractivity contribution in [3.05, 3.63) is 94.9 Å². The summed E-state index contributed by atoms with van der Waals surface area (Å²) >= 11 is 0. The summed E-state index contributed by atoms with van der Waals surface area (Å²) in [5, 5.41) is 16.0. The molecule has 3 rings (SSSR count). The Balaban J connectivity index is 2.11. The zero-order valence-electron chi connectivity index (χ0n) is 14.9. The molecule has 0 aliphatic rings. The average Bonchev–Trinajstić information content (AvgIpc) is 3.23. The maximum atomic E-state index is 14.2. The van der Waals surface area contributed by atoms with Crippen LogP contribution in [0.1, 0.15) is 25.1 Å². The van der Waals surface area contributed by atoms with Crippen molar-refractivity contribution >= 4 is 17.9 Å². The Hall–Kier alpha value is -2.69. The van der Waals surface area contributed by atoms with E-state index in [0.29, 0.717) is 16.4 Å². The first-order chi connectivity index (χ1) is 13.1. The van der Waals surface area contributed by atoms with Gasteiger partial charge in [-0.05, 0) is 36.4 Å². The maximum absolute atomic E-state index is 14.2. The van der Waals surface area contributed by atoms with Gasteiger partial charge in [0.2, 0.25) is 13.3 Å². The van der Waals surface area contributed by atoms with Gasteiger partial charge in [-0.15, -0.1) is 0 Å². The minimum Gasteiger partial charge on any atom is -0.467 e. The van der Waals surface area contributed by atoms with Crippen LogP contribution >= 0.6 is 7.29 Å². The van der Waals surface area contributed by atoms with Gasteiger partial charge in [0.25, 0.3) is 0 Å². The van der Waals surface area contributed by atoms with Crippen LogP contribution in [0.3, 0.4) is 0 Å². The molecule has 2 aromatic carbocycles. The van der Waals surface area contributed by atoms with Crippen molar-refractivity contribution in [2.24, 2.45) is 0 Å². The molecule has 7 heteroatoms. The van der Waals surface area contributed by atoms with Crippen LogP contribution in [0.4, 0.5) is 0 Å². The third-order valence-corrected chi connectivity index (χ3v) is 7.18. The molecule has 27 heavy (non-hydrogen) atoms. The molecule has 2 unspecified atom stereocenters. The molecule has 1 N–H and O–H groups in total. The van der Waals surface area contributed by atoms with E-state index in [0.717, 1.165) is 0 Å². The number of benzene rings is 2. The van der Waals surface area contributed by atoms with Gasteiger partial charge in [-0.1, -0.05) is 43.3 Å². The number of furan rings is 1. The van der Waals surface area contributed by atoms with E-state index in [4.69, 9.17) is 4.42 Å². The summed E-state index contributed by atoms with van der Waals surface area (Å²) in [4.78, 5) is 11.3. The van der Waals surface area contributed by atoms with Gasteiger partial charge in [-0.3, -0.25) is 14.7 Å². The van der Waals surface area contributed by atoms with Crippen LogP contribution in [0, 0.1) is 10.1 Å². The highest BCUT2D eigenvalue weighted by molar-refractivity contribution is 7.76. The molecule has 1 aromatic heterocycles. The molecule has 0 spiro atoms. The van der Waals surface area contributed by atoms with Gasteiger partial charge in [0.15, 0.2) is 0 Å². The fourth-order valence-corrected chi connectivity index (χ4v) is 5.56. The summed E-state index contributed by atoms with van der Waals surface area (Å²) in [5.74, 6) is 0.394. The number of nitrogens with one attached hydrogen (secondary N) is 1. The van der Waals surface area contributed by atoms with Crippen molar-refractivity contribution in [1.82, 2.24) is 5.09 Å². The van der Waals surface area contributed by atoms with Crippen molar-refractivity contribution < 1.29 is 13.9 Å². The lowest BCUT2D eigenvalue weighted by molar-refractivity contribution is -0.528. The van der Waals surface area contributed by atoms with E-state index in [1.54, 1.807) is 67.6 Å². The van der Waals surface area contributed by atoms with E-state index < -0.39 is 19.4 Å². The molecule has 140 valence electrons. The number of hydrogen-bond acceptors (Lipinski definition) is 4. The van der Waals surface area contributed by atoms with Crippen molar-refractivity contribution in [1.29, 1.82) is 0 Å². The first-order valence-electron chi connectivity index (χ1n) is 8.72. The lowest BCUT2D eigenvalue weighted by Gasteiger charge is -2.27. The van der Waals surface area contributed by atoms with Gasteiger partial charge < -0.3 is 4.42 Å². The van der Waals surface area contributed by atoms with Crippen molar-refractivity contribution in [2.45, 2.75) is 25.4 Å². The van der Waals surface area contributed by atoms with Crippen molar-refractivity contribution in [2.75, 3.05) is 0 Å². The largest absolute Gasteiger partial charge is 0.467 e. The van der Waals surface area contributed by atoms with Crippen LogP contribution in [-0.2, 0) is 4.57 Å².